The summed E-state index contributed by atoms with van der Waals surface area (Å²) < 4.78 is 0.336. The van der Waals surface area contributed by atoms with Crippen molar-refractivity contribution in [3.63, 3.8) is 0 Å². The van der Waals surface area contributed by atoms with Crippen LogP contribution < -0.4 is 16.0 Å². The smallest absolute Gasteiger partial charge is 0.235 e. The number of fused-ring (bicyclic) bond motifs is 1. The molecular formula is C30H42N4O2S2. The van der Waals surface area contributed by atoms with Gasteiger partial charge in [0.15, 0.2) is 0 Å². The zero-order chi connectivity index (χ0) is 26.4. The van der Waals surface area contributed by atoms with Crippen LogP contribution >= 0.6 is 23.5 Å². The van der Waals surface area contributed by atoms with Gasteiger partial charge in [0, 0.05) is 54.2 Å². The van der Waals surface area contributed by atoms with Crippen molar-refractivity contribution in [2.75, 3.05) is 39.3 Å². The minimum absolute atomic E-state index is 0.0167. The van der Waals surface area contributed by atoms with Gasteiger partial charge in [0.1, 0.15) is 5.37 Å². The minimum atomic E-state index is -0.694. The maximum atomic E-state index is 13.0. The van der Waals surface area contributed by atoms with E-state index in [1.54, 1.807) is 11.8 Å². The summed E-state index contributed by atoms with van der Waals surface area (Å²) in [6.07, 6.45) is 5.27. The van der Waals surface area contributed by atoms with Gasteiger partial charge >= 0.3 is 0 Å². The predicted octanol–water partition coefficient (Wildman–Crippen LogP) is 3.94. The van der Waals surface area contributed by atoms with Crippen molar-refractivity contribution >= 4 is 29.4 Å². The number of benzene rings is 2. The maximum absolute atomic E-state index is 13.0. The molecule has 2 fully saturated rings. The Morgan fingerprint density at radius 3 is 2.68 bits per heavy atom. The summed E-state index contributed by atoms with van der Waals surface area (Å²) in [4.78, 5) is 16.6. The Morgan fingerprint density at radius 2 is 1.97 bits per heavy atom. The number of nitrogens with one attached hydrogen (secondary N) is 3. The van der Waals surface area contributed by atoms with Crippen LogP contribution in [-0.2, 0) is 17.0 Å². The molecule has 3 atom stereocenters. The van der Waals surface area contributed by atoms with Crippen LogP contribution in [0.2, 0.25) is 0 Å². The molecule has 0 aromatic heterocycles. The predicted molar refractivity (Wildman–Crippen MR) is 159 cm³/mol. The topological polar surface area (TPSA) is 76.6 Å². The first kappa shape index (κ1) is 28.0. The third kappa shape index (κ3) is 7.14. The van der Waals surface area contributed by atoms with Gasteiger partial charge in [-0.1, -0.05) is 55.8 Å². The van der Waals surface area contributed by atoms with Crippen LogP contribution in [0.3, 0.4) is 0 Å². The average molecular weight is 555 g/mol. The molecule has 2 heterocycles. The van der Waals surface area contributed by atoms with Gasteiger partial charge in [0.05, 0.1) is 12.6 Å². The molecule has 2 aromatic rings. The lowest BCUT2D eigenvalue weighted by molar-refractivity contribution is -0.123. The lowest BCUT2D eigenvalue weighted by Gasteiger charge is -2.48. The summed E-state index contributed by atoms with van der Waals surface area (Å²) in [6, 6.07) is 17.4. The van der Waals surface area contributed by atoms with Gasteiger partial charge < -0.3 is 21.1 Å². The van der Waals surface area contributed by atoms with Crippen molar-refractivity contribution in [3.8, 4) is 0 Å². The van der Waals surface area contributed by atoms with E-state index in [-0.39, 0.29) is 17.3 Å². The highest BCUT2D eigenvalue weighted by Gasteiger charge is 2.44. The number of piperazine rings is 1. The number of aryl methyl sites for hydroxylation is 1. The fourth-order valence-corrected chi connectivity index (χ4v) is 8.42. The summed E-state index contributed by atoms with van der Waals surface area (Å²) in [5, 5.41) is 21.3. The Kier molecular flexibility index (Phi) is 9.73. The highest BCUT2D eigenvalue weighted by Crippen LogP contribution is 2.57. The van der Waals surface area contributed by atoms with Crippen LogP contribution in [0.5, 0.6) is 0 Å². The second kappa shape index (κ2) is 13.2. The standard InChI is InChI=1S/C30H42N4O2S2/c1-2-22-9-10-27-24(17-22)25(18-30(38-27)11-6-12-30)32-19-26(35)29(37-21-23-7-4-3-5-8-23)33-28(36)20-34-15-13-31-14-16-34/h3-5,7-10,17,25-26,29,31-32,35H,2,6,11-16,18-21H2,1H3,(H,33,36)/t25-,26-,29+/m1/s1. The maximum Gasteiger partial charge on any atom is 0.235 e. The van der Waals surface area contributed by atoms with Crippen LogP contribution in [-0.4, -0.2) is 71.4 Å². The summed E-state index contributed by atoms with van der Waals surface area (Å²) in [6.45, 7) is 6.60. The van der Waals surface area contributed by atoms with E-state index in [1.165, 1.54) is 40.8 Å². The number of thioether (sulfide) groups is 2. The Bertz CT molecular complexity index is 1060. The molecule has 2 aromatic carbocycles. The summed E-state index contributed by atoms with van der Waals surface area (Å²) >= 11 is 3.68. The van der Waals surface area contributed by atoms with Crippen molar-refractivity contribution < 1.29 is 9.90 Å². The third-order valence-corrected chi connectivity index (χ3v) is 11.0. The average Bonchev–Trinajstić information content (AvgIpc) is 2.93. The highest BCUT2D eigenvalue weighted by atomic mass is 32.2. The monoisotopic (exact) mass is 554 g/mol. The number of hydrogen-bond acceptors (Lipinski definition) is 7. The quantitative estimate of drug-likeness (QED) is 0.314. The number of aliphatic hydroxyl groups excluding tert-OH is 1. The molecule has 38 heavy (non-hydrogen) atoms. The lowest BCUT2D eigenvalue weighted by atomic mass is 9.77. The van der Waals surface area contributed by atoms with Crippen LogP contribution in [0.1, 0.15) is 55.3 Å². The molecule has 1 spiro atoms. The third-order valence-electron chi connectivity index (χ3n) is 8.10. The first-order valence-electron chi connectivity index (χ1n) is 14.1. The molecule has 1 aliphatic carbocycles. The number of amides is 1. The minimum Gasteiger partial charge on any atom is -0.389 e. The van der Waals surface area contributed by atoms with Crippen molar-refractivity contribution in [1.29, 1.82) is 0 Å². The number of aliphatic hydroxyl groups is 1. The lowest BCUT2D eigenvalue weighted by Crippen LogP contribution is -2.52. The molecular weight excluding hydrogens is 512 g/mol. The normalized spacial score (nSPS) is 22.3. The Hall–Kier alpha value is -1.55. The van der Waals surface area contributed by atoms with Crippen LogP contribution in [0, 0.1) is 0 Å². The second-order valence-corrected chi connectivity index (χ2v) is 13.5. The Morgan fingerprint density at radius 1 is 1.18 bits per heavy atom. The van der Waals surface area contributed by atoms with Gasteiger partial charge in [-0.25, -0.2) is 0 Å². The zero-order valence-electron chi connectivity index (χ0n) is 22.5. The van der Waals surface area contributed by atoms with Gasteiger partial charge in [0.25, 0.3) is 0 Å². The molecule has 1 amide bonds. The summed E-state index contributed by atoms with van der Waals surface area (Å²) in [5.41, 5.74) is 3.92. The van der Waals surface area contributed by atoms with Crippen molar-refractivity contribution in [2.45, 2.75) is 71.9 Å². The van der Waals surface area contributed by atoms with Gasteiger partial charge in [-0.15, -0.1) is 23.5 Å². The fraction of sp³-hybridized carbons (Fsp3) is 0.567. The molecule has 206 valence electrons. The van der Waals surface area contributed by atoms with E-state index in [2.05, 4.69) is 69.9 Å². The molecule has 5 rings (SSSR count). The van der Waals surface area contributed by atoms with Gasteiger partial charge in [0.2, 0.25) is 5.91 Å². The number of nitrogens with zero attached hydrogens (tertiary/aromatic N) is 1. The highest BCUT2D eigenvalue weighted by molar-refractivity contribution is 8.00. The first-order chi connectivity index (χ1) is 18.5. The molecule has 1 saturated carbocycles. The molecule has 1 saturated heterocycles. The summed E-state index contributed by atoms with van der Waals surface area (Å²) in [7, 11) is 0. The molecule has 2 aliphatic heterocycles. The largest absolute Gasteiger partial charge is 0.389 e. The molecule has 0 bridgehead atoms. The van der Waals surface area contributed by atoms with Crippen LogP contribution in [0.25, 0.3) is 0 Å². The van der Waals surface area contributed by atoms with Crippen LogP contribution in [0.4, 0.5) is 0 Å². The molecule has 0 unspecified atom stereocenters. The van der Waals surface area contributed by atoms with Gasteiger partial charge in [-0.2, -0.15) is 0 Å². The van der Waals surface area contributed by atoms with E-state index in [9.17, 15) is 9.90 Å². The van der Waals surface area contributed by atoms with E-state index in [0.717, 1.165) is 44.8 Å². The van der Waals surface area contributed by atoms with E-state index in [1.807, 2.05) is 18.2 Å². The number of carbonyl (C=O) groups excluding carboxylic acids is 1. The Labute approximate surface area is 236 Å². The molecule has 6 nitrogen and oxygen atoms in total. The number of hydrogen-bond donors (Lipinski definition) is 4. The van der Waals surface area contributed by atoms with Crippen molar-refractivity contribution in [2.24, 2.45) is 0 Å². The fourth-order valence-electron chi connectivity index (χ4n) is 5.66. The molecule has 0 radical (unpaired) electrons. The van der Waals surface area contributed by atoms with Gasteiger partial charge in [-0.05, 0) is 48.4 Å². The molecule has 4 N–H and O–H groups in total. The van der Waals surface area contributed by atoms with Gasteiger partial charge in [-0.3, -0.25) is 9.69 Å². The number of carbonyl (C=O) groups is 1. The van der Waals surface area contributed by atoms with E-state index >= 15 is 0 Å². The number of rotatable bonds is 11. The molecule has 8 heteroatoms. The van der Waals surface area contributed by atoms with Crippen LogP contribution in [0.15, 0.2) is 53.4 Å². The zero-order valence-corrected chi connectivity index (χ0v) is 24.1. The van der Waals surface area contributed by atoms with Crippen molar-refractivity contribution in [3.05, 3.63) is 65.2 Å². The Balaban J connectivity index is 1.25. The first-order valence-corrected chi connectivity index (χ1v) is 16.0. The molecule has 3 aliphatic rings. The SMILES string of the molecule is CCc1ccc2c(c1)[C@H](NC[C@@H](O)[C@@H](NC(=O)CN1CCNCC1)SCc1ccccc1)CC1(CCC1)S2. The second-order valence-electron chi connectivity index (χ2n) is 10.9. The summed E-state index contributed by atoms with van der Waals surface area (Å²) in [5.74, 6) is 0.722. The van der Waals surface area contributed by atoms with E-state index < -0.39 is 6.10 Å². The van der Waals surface area contributed by atoms with E-state index in [4.69, 9.17) is 0 Å². The van der Waals surface area contributed by atoms with Crippen molar-refractivity contribution in [1.82, 2.24) is 20.9 Å². The van der Waals surface area contributed by atoms with E-state index in [0.29, 0.717) is 17.8 Å².